The molecular formula is C41H30. The van der Waals surface area contributed by atoms with Crippen LogP contribution in [0.4, 0.5) is 0 Å². The molecule has 0 atom stereocenters. The predicted octanol–water partition coefficient (Wildman–Crippen LogP) is 11.3. The molecule has 0 spiro atoms. The Bertz CT molecular complexity index is 2710. The van der Waals surface area contributed by atoms with E-state index in [2.05, 4.69) is 32.0 Å². The van der Waals surface area contributed by atoms with Crippen LogP contribution in [0.5, 0.6) is 0 Å². The van der Waals surface area contributed by atoms with Crippen molar-refractivity contribution in [3.8, 4) is 44.5 Å². The summed E-state index contributed by atoms with van der Waals surface area (Å²) in [7, 11) is 0. The number of benzene rings is 7. The molecule has 41 heavy (non-hydrogen) atoms. The van der Waals surface area contributed by atoms with Gasteiger partial charge in [0, 0.05) is 5.41 Å². The summed E-state index contributed by atoms with van der Waals surface area (Å²) in [6, 6.07) is 13.6. The van der Waals surface area contributed by atoms with Crippen molar-refractivity contribution in [2.45, 2.75) is 19.3 Å². The summed E-state index contributed by atoms with van der Waals surface area (Å²) in [5.41, 5.74) is 5.98. The SMILES string of the molecule is [2H]c1c([2H])c([2H])c(-c2c3c([2H])c([2H])c([2H])c([2H])c3c(-c3ccc(-c4cccc5c4C(C)(C)c4ccccc4-5)cc3)c3c([2H])c([2H])c([2H])c([2H])c23)c([2H])c1[2H]. The topological polar surface area (TPSA) is 0 Å². The zero-order valence-electron chi connectivity index (χ0n) is 35.4. The molecule has 0 saturated heterocycles. The van der Waals surface area contributed by atoms with Crippen LogP contribution in [-0.4, -0.2) is 0 Å². The van der Waals surface area contributed by atoms with Gasteiger partial charge in [0.15, 0.2) is 0 Å². The lowest BCUT2D eigenvalue weighted by atomic mass is 9.78. The van der Waals surface area contributed by atoms with Crippen molar-refractivity contribution in [2.24, 2.45) is 0 Å². The molecule has 0 heterocycles. The van der Waals surface area contributed by atoms with Gasteiger partial charge in [0.1, 0.15) is 0 Å². The average molecular weight is 536 g/mol. The minimum atomic E-state index is -0.702. The Hall–Kier alpha value is -4.94. The van der Waals surface area contributed by atoms with Crippen molar-refractivity contribution >= 4 is 21.5 Å². The molecule has 7 aromatic carbocycles. The largest absolute Gasteiger partial charge is 0.0629 e. The molecule has 0 radical (unpaired) electrons. The smallest absolute Gasteiger partial charge is 0.0622 e. The van der Waals surface area contributed by atoms with Crippen LogP contribution in [0.15, 0.2) is 145 Å². The summed E-state index contributed by atoms with van der Waals surface area (Å²) in [5.74, 6) is 0. The predicted molar refractivity (Wildman–Crippen MR) is 175 cm³/mol. The van der Waals surface area contributed by atoms with Crippen LogP contribution < -0.4 is 0 Å². The van der Waals surface area contributed by atoms with Gasteiger partial charge in [0.2, 0.25) is 0 Å². The molecule has 0 heteroatoms. The molecular weight excluding hydrogens is 492 g/mol. The van der Waals surface area contributed by atoms with E-state index in [1.807, 2.05) is 36.4 Å². The maximum Gasteiger partial charge on any atom is 0.0629 e. The molecule has 0 amide bonds. The molecule has 0 aromatic heterocycles. The normalized spacial score (nSPS) is 17.8. The third-order valence-electron chi connectivity index (χ3n) is 8.19. The van der Waals surface area contributed by atoms with E-state index in [1.165, 1.54) is 5.56 Å². The van der Waals surface area contributed by atoms with Crippen molar-refractivity contribution in [3.63, 3.8) is 0 Å². The van der Waals surface area contributed by atoms with Crippen LogP contribution in [0.2, 0.25) is 0 Å². The first-order valence-electron chi connectivity index (χ1n) is 19.9. The van der Waals surface area contributed by atoms with Crippen LogP contribution >= 0.6 is 0 Å². The van der Waals surface area contributed by atoms with Crippen molar-refractivity contribution < 1.29 is 17.8 Å². The van der Waals surface area contributed by atoms with Gasteiger partial charge in [-0.05, 0) is 77.2 Å². The molecule has 194 valence electrons. The monoisotopic (exact) mass is 535 g/mol. The number of rotatable bonds is 3. The van der Waals surface area contributed by atoms with Gasteiger partial charge in [-0.15, -0.1) is 0 Å². The van der Waals surface area contributed by atoms with Crippen molar-refractivity contribution in [1.29, 1.82) is 0 Å². The fourth-order valence-electron chi connectivity index (χ4n) is 6.44. The molecule has 7 aromatic rings. The van der Waals surface area contributed by atoms with Gasteiger partial charge in [-0.25, -0.2) is 0 Å². The van der Waals surface area contributed by atoms with Crippen molar-refractivity contribution in [2.75, 3.05) is 0 Å². The number of hydrogen-bond donors (Lipinski definition) is 0. The van der Waals surface area contributed by atoms with Gasteiger partial charge < -0.3 is 0 Å². The van der Waals surface area contributed by atoms with Crippen LogP contribution in [0.25, 0.3) is 66.1 Å². The molecule has 0 aliphatic heterocycles. The van der Waals surface area contributed by atoms with E-state index < -0.39 is 84.1 Å². The summed E-state index contributed by atoms with van der Waals surface area (Å²) >= 11 is 0. The van der Waals surface area contributed by atoms with Gasteiger partial charge >= 0.3 is 0 Å². The van der Waals surface area contributed by atoms with Gasteiger partial charge in [-0.2, -0.15) is 0 Å². The zero-order chi connectivity index (χ0) is 38.9. The Kier molecular flexibility index (Phi) is 3.11. The van der Waals surface area contributed by atoms with Gasteiger partial charge in [0.05, 0.1) is 17.8 Å². The quantitative estimate of drug-likeness (QED) is 0.197. The Morgan fingerprint density at radius 1 is 0.439 bits per heavy atom. The van der Waals surface area contributed by atoms with E-state index in [9.17, 15) is 2.74 Å². The molecule has 0 unspecified atom stereocenters. The maximum atomic E-state index is 9.18. The second kappa shape index (κ2) is 9.04. The second-order valence-corrected chi connectivity index (χ2v) is 10.7. The Morgan fingerprint density at radius 2 is 0.927 bits per heavy atom. The van der Waals surface area contributed by atoms with Crippen LogP contribution in [0.3, 0.4) is 0 Å². The van der Waals surface area contributed by atoms with E-state index in [1.54, 1.807) is 12.1 Å². The molecule has 0 nitrogen and oxygen atoms in total. The summed E-state index contributed by atoms with van der Waals surface area (Å²) in [6.07, 6.45) is 0. The molecule has 8 rings (SSSR count). The van der Waals surface area contributed by atoms with E-state index in [0.717, 1.165) is 27.8 Å². The van der Waals surface area contributed by atoms with E-state index in [0.29, 0.717) is 5.56 Å². The van der Waals surface area contributed by atoms with E-state index in [4.69, 9.17) is 15.1 Å². The molecule has 0 N–H and O–H groups in total. The first-order valence-corrected chi connectivity index (χ1v) is 13.4. The summed E-state index contributed by atoms with van der Waals surface area (Å²) < 4.78 is 114. The third-order valence-corrected chi connectivity index (χ3v) is 8.19. The van der Waals surface area contributed by atoms with E-state index >= 15 is 0 Å². The molecule has 0 saturated carbocycles. The first kappa shape index (κ1) is 14.1. The van der Waals surface area contributed by atoms with Crippen molar-refractivity contribution in [1.82, 2.24) is 0 Å². The minimum absolute atomic E-state index is 0.104. The van der Waals surface area contributed by atoms with Gasteiger partial charge in [-0.3, -0.25) is 0 Å². The summed E-state index contributed by atoms with van der Waals surface area (Å²) in [6.45, 7) is 4.37. The van der Waals surface area contributed by atoms with Gasteiger partial charge in [0.25, 0.3) is 0 Å². The van der Waals surface area contributed by atoms with Gasteiger partial charge in [-0.1, -0.05) is 159 Å². The number of fused-ring (bicyclic) bond motifs is 5. The highest BCUT2D eigenvalue weighted by Gasteiger charge is 2.37. The lowest BCUT2D eigenvalue weighted by Crippen LogP contribution is -2.16. The highest BCUT2D eigenvalue weighted by Crippen LogP contribution is 2.52. The third kappa shape index (κ3) is 3.54. The van der Waals surface area contributed by atoms with Crippen LogP contribution in [0.1, 0.15) is 42.8 Å². The Labute approximate surface area is 259 Å². The van der Waals surface area contributed by atoms with Crippen LogP contribution in [-0.2, 0) is 5.41 Å². The summed E-state index contributed by atoms with van der Waals surface area (Å²) in [5, 5.41) is -0.663. The lowest BCUT2D eigenvalue weighted by molar-refractivity contribution is 0.662. The second-order valence-electron chi connectivity index (χ2n) is 10.7. The fourth-order valence-corrected chi connectivity index (χ4v) is 6.44. The Balaban J connectivity index is 1.51. The van der Waals surface area contributed by atoms with E-state index in [-0.39, 0.29) is 38.1 Å². The Morgan fingerprint density at radius 3 is 1.56 bits per heavy atom. The zero-order valence-corrected chi connectivity index (χ0v) is 22.4. The van der Waals surface area contributed by atoms with Crippen molar-refractivity contribution in [3.05, 3.63) is 156 Å². The fraction of sp³-hybridized carbons (Fsp3) is 0.0732. The average Bonchev–Trinajstić information content (AvgIpc) is 3.41. The maximum absolute atomic E-state index is 9.18. The standard InChI is InChI=1S/C41H30/c1-41(2)37-22-11-10-15-31(37)36-21-12-20-30(40(36)41)27-23-25-29(26-24-27)39-34-18-8-6-16-32(34)38(28-13-4-3-5-14-28)33-17-7-9-19-35(33)39/h3-26H,1-2H3/i3D,4D,5D,6D,7D,8D,9D,13D,14D,16D,17D,18D,19D. The molecule has 1 aliphatic rings. The molecule has 0 bridgehead atoms. The highest BCUT2D eigenvalue weighted by atomic mass is 14.4. The molecule has 0 fully saturated rings. The number of hydrogen-bond acceptors (Lipinski definition) is 0. The van der Waals surface area contributed by atoms with Crippen LogP contribution in [0, 0.1) is 0 Å². The first-order chi connectivity index (χ1) is 25.5. The lowest BCUT2D eigenvalue weighted by Gasteiger charge is -2.24. The highest BCUT2D eigenvalue weighted by molar-refractivity contribution is 6.21. The summed E-state index contributed by atoms with van der Waals surface area (Å²) in [4.78, 5) is 0. The minimum Gasteiger partial charge on any atom is -0.0622 e. The molecule has 1 aliphatic carbocycles.